The molecule has 3 heterocycles. The van der Waals surface area contributed by atoms with Gasteiger partial charge in [-0.25, -0.2) is 15.0 Å². The largest absolute Gasteiger partial charge is 0.391 e. The summed E-state index contributed by atoms with van der Waals surface area (Å²) in [5.41, 5.74) is 0.534. The van der Waals surface area contributed by atoms with Gasteiger partial charge in [-0.3, -0.25) is 14.2 Å². The van der Waals surface area contributed by atoms with Gasteiger partial charge in [0.2, 0.25) is 5.95 Å². The Labute approximate surface area is 175 Å². The van der Waals surface area contributed by atoms with Gasteiger partial charge in [0.05, 0.1) is 24.4 Å². The molecule has 31 heavy (non-hydrogen) atoms. The summed E-state index contributed by atoms with van der Waals surface area (Å²) in [4.78, 5) is 39.1. The number of aromatic nitrogens is 4. The van der Waals surface area contributed by atoms with Crippen molar-refractivity contribution in [2.75, 3.05) is 11.4 Å². The Kier molecular flexibility index (Phi) is 5.53. The minimum atomic E-state index is -4.43. The van der Waals surface area contributed by atoms with Crippen LogP contribution in [0.4, 0.5) is 19.1 Å². The lowest BCUT2D eigenvalue weighted by molar-refractivity contribution is -0.139. The molecule has 1 aliphatic rings. The summed E-state index contributed by atoms with van der Waals surface area (Å²) in [5.74, 6) is -0.325. The molecular weight excluding hydrogens is 411 g/mol. The first-order valence-electron chi connectivity index (χ1n) is 9.62. The maximum Gasteiger partial charge on any atom is 0.391 e. The summed E-state index contributed by atoms with van der Waals surface area (Å²) < 4.78 is 41.1. The molecule has 0 N–H and O–H groups in total. The van der Waals surface area contributed by atoms with Crippen molar-refractivity contribution < 1.29 is 18.0 Å². The summed E-state index contributed by atoms with van der Waals surface area (Å²) in [5, 5.41) is 0. The highest BCUT2D eigenvalue weighted by atomic mass is 19.4. The maximum absolute atomic E-state index is 13.3. The molecule has 1 unspecified atom stereocenters. The van der Waals surface area contributed by atoms with Gasteiger partial charge >= 0.3 is 6.18 Å². The molecule has 7 nitrogen and oxygen atoms in total. The Morgan fingerprint density at radius 3 is 2.58 bits per heavy atom. The number of carbonyl (C=O) groups excluding carboxylic acids is 1. The molecule has 0 bridgehead atoms. The number of hydrogen-bond donors (Lipinski definition) is 0. The van der Waals surface area contributed by atoms with Gasteiger partial charge in [0.1, 0.15) is 6.33 Å². The van der Waals surface area contributed by atoms with Crippen LogP contribution in [0.3, 0.4) is 0 Å². The second kappa shape index (κ2) is 8.29. The Morgan fingerprint density at radius 2 is 1.90 bits per heavy atom. The van der Waals surface area contributed by atoms with E-state index in [2.05, 4.69) is 15.0 Å². The van der Waals surface area contributed by atoms with Crippen LogP contribution < -0.4 is 10.5 Å². The summed E-state index contributed by atoms with van der Waals surface area (Å²) in [6.07, 6.45) is -2.70. The lowest BCUT2D eigenvalue weighted by atomic mass is 10.0. The maximum atomic E-state index is 13.3. The average Bonchev–Trinajstić information content (AvgIpc) is 2.75. The van der Waals surface area contributed by atoms with E-state index >= 15 is 0 Å². The number of rotatable bonds is 5. The molecule has 0 radical (unpaired) electrons. The Balaban J connectivity index is 1.77. The number of halogens is 3. The molecule has 3 aromatic rings. The monoisotopic (exact) mass is 429 g/mol. The predicted molar refractivity (Wildman–Crippen MR) is 107 cm³/mol. The first-order valence-corrected chi connectivity index (χ1v) is 9.62. The minimum absolute atomic E-state index is 0.0332. The van der Waals surface area contributed by atoms with E-state index < -0.39 is 24.2 Å². The molecule has 1 aromatic carbocycles. The van der Waals surface area contributed by atoms with E-state index in [4.69, 9.17) is 0 Å². The van der Waals surface area contributed by atoms with Gasteiger partial charge < -0.3 is 4.90 Å². The summed E-state index contributed by atoms with van der Waals surface area (Å²) in [6.45, 7) is -0.244. The minimum Gasteiger partial charge on any atom is -0.331 e. The zero-order chi connectivity index (χ0) is 22.0. The highest BCUT2D eigenvalue weighted by molar-refractivity contribution is 5.99. The third kappa shape index (κ3) is 4.62. The molecule has 0 amide bonds. The molecular formula is C21H18F3N5O2. The molecule has 4 rings (SSSR count). The van der Waals surface area contributed by atoms with E-state index in [-0.39, 0.29) is 36.9 Å². The summed E-state index contributed by atoms with van der Waals surface area (Å²) in [6, 6.07) is 10.1. The van der Waals surface area contributed by atoms with Crippen LogP contribution in [0.25, 0.3) is 11.4 Å². The zero-order valence-corrected chi connectivity index (χ0v) is 16.3. The average molecular weight is 429 g/mol. The lowest BCUT2D eigenvalue weighted by Gasteiger charge is -2.38. The van der Waals surface area contributed by atoms with Crippen molar-refractivity contribution in [1.29, 1.82) is 0 Å². The molecule has 1 atom stereocenters. The molecule has 1 aliphatic heterocycles. The lowest BCUT2D eigenvalue weighted by Crippen LogP contribution is -2.49. The fourth-order valence-corrected chi connectivity index (χ4v) is 3.64. The zero-order valence-electron chi connectivity index (χ0n) is 16.3. The fourth-order valence-electron chi connectivity index (χ4n) is 3.64. The van der Waals surface area contributed by atoms with E-state index in [9.17, 15) is 22.8 Å². The standard InChI is InChI=1S/C21H18F3N5O2/c22-21(23,24)11-15-7-9-28-19(31)10-17(16-6-8-25-13-26-16)27-20(28)29(15)12-18(30)14-4-2-1-3-5-14/h1-6,8,10,13,15H,7,9,11-12H2. The van der Waals surface area contributed by atoms with Crippen LogP contribution in [0.2, 0.25) is 0 Å². The molecule has 0 fully saturated rings. The van der Waals surface area contributed by atoms with Crippen LogP contribution in [0.15, 0.2) is 59.8 Å². The van der Waals surface area contributed by atoms with Gasteiger partial charge in [-0.1, -0.05) is 30.3 Å². The number of nitrogens with zero attached hydrogens (tertiary/aromatic N) is 5. The number of benzene rings is 1. The van der Waals surface area contributed by atoms with E-state index in [0.717, 1.165) is 0 Å². The van der Waals surface area contributed by atoms with E-state index in [0.29, 0.717) is 11.3 Å². The topological polar surface area (TPSA) is 81.0 Å². The van der Waals surface area contributed by atoms with Crippen molar-refractivity contribution >= 4 is 11.7 Å². The van der Waals surface area contributed by atoms with Gasteiger partial charge in [0, 0.05) is 30.4 Å². The van der Waals surface area contributed by atoms with Crippen molar-refractivity contribution in [3.05, 3.63) is 70.9 Å². The Bertz CT molecular complexity index is 1130. The highest BCUT2D eigenvalue weighted by Gasteiger charge is 2.39. The molecule has 0 spiro atoms. The van der Waals surface area contributed by atoms with E-state index in [1.54, 1.807) is 36.4 Å². The number of carbonyl (C=O) groups is 1. The number of alkyl halides is 3. The van der Waals surface area contributed by atoms with Crippen LogP contribution >= 0.6 is 0 Å². The molecule has 2 aromatic heterocycles. The molecule has 160 valence electrons. The quantitative estimate of drug-likeness (QED) is 0.580. The fraction of sp³-hybridized carbons (Fsp3) is 0.286. The van der Waals surface area contributed by atoms with Crippen molar-refractivity contribution in [3.8, 4) is 11.4 Å². The predicted octanol–water partition coefficient (Wildman–Crippen LogP) is 3.11. The summed E-state index contributed by atoms with van der Waals surface area (Å²) >= 11 is 0. The normalized spacial score (nSPS) is 16.1. The van der Waals surface area contributed by atoms with Gasteiger partial charge in [-0.2, -0.15) is 13.2 Å². The Morgan fingerprint density at radius 1 is 1.13 bits per heavy atom. The highest BCUT2D eigenvalue weighted by Crippen LogP contribution is 2.32. The van der Waals surface area contributed by atoms with E-state index in [1.807, 2.05) is 0 Å². The van der Waals surface area contributed by atoms with Crippen LogP contribution in [-0.2, 0) is 6.54 Å². The van der Waals surface area contributed by atoms with Crippen LogP contribution in [0.1, 0.15) is 23.2 Å². The molecule has 0 saturated carbocycles. The number of Topliss-reactive ketones (excluding diaryl/α,β-unsaturated/α-hetero) is 1. The third-order valence-electron chi connectivity index (χ3n) is 5.09. The number of anilines is 1. The van der Waals surface area contributed by atoms with Crippen molar-refractivity contribution in [2.24, 2.45) is 0 Å². The smallest absolute Gasteiger partial charge is 0.331 e. The third-order valence-corrected chi connectivity index (χ3v) is 5.09. The van der Waals surface area contributed by atoms with Gasteiger partial charge in [-0.05, 0) is 12.5 Å². The number of ketones is 1. The first-order chi connectivity index (χ1) is 14.8. The second-order valence-electron chi connectivity index (χ2n) is 7.20. The number of hydrogen-bond acceptors (Lipinski definition) is 6. The van der Waals surface area contributed by atoms with Gasteiger partial charge in [0.25, 0.3) is 5.56 Å². The van der Waals surface area contributed by atoms with Gasteiger partial charge in [0.15, 0.2) is 5.78 Å². The first kappa shape index (κ1) is 20.7. The van der Waals surface area contributed by atoms with Crippen molar-refractivity contribution in [2.45, 2.75) is 31.6 Å². The SMILES string of the molecule is O=C(CN1c2nc(-c3ccncn3)cc(=O)n2CCC1CC(F)(F)F)c1ccccc1. The van der Waals surface area contributed by atoms with Crippen molar-refractivity contribution in [3.63, 3.8) is 0 Å². The molecule has 10 heteroatoms. The van der Waals surface area contributed by atoms with Crippen molar-refractivity contribution in [1.82, 2.24) is 19.5 Å². The van der Waals surface area contributed by atoms with Gasteiger partial charge in [-0.15, -0.1) is 0 Å². The van der Waals surface area contributed by atoms with Crippen LogP contribution in [0.5, 0.6) is 0 Å². The number of fused-ring (bicyclic) bond motifs is 1. The van der Waals surface area contributed by atoms with Crippen LogP contribution in [-0.4, -0.2) is 44.1 Å². The molecule has 0 saturated heterocycles. The Hall–Kier alpha value is -3.56. The molecule has 0 aliphatic carbocycles. The second-order valence-corrected chi connectivity index (χ2v) is 7.20. The van der Waals surface area contributed by atoms with E-state index in [1.165, 1.54) is 28.1 Å². The summed E-state index contributed by atoms with van der Waals surface area (Å²) in [7, 11) is 0. The van der Waals surface area contributed by atoms with Crippen LogP contribution in [0, 0.1) is 0 Å².